The summed E-state index contributed by atoms with van der Waals surface area (Å²) < 4.78 is 0. The summed E-state index contributed by atoms with van der Waals surface area (Å²) in [6.45, 7) is 3.76. The van der Waals surface area contributed by atoms with E-state index in [1.165, 1.54) is 5.56 Å². The quantitative estimate of drug-likeness (QED) is 0.855. The lowest BCUT2D eigenvalue weighted by molar-refractivity contribution is 0.383. The van der Waals surface area contributed by atoms with Gasteiger partial charge in [-0.05, 0) is 43.3 Å². The van der Waals surface area contributed by atoms with Crippen molar-refractivity contribution in [3.05, 3.63) is 34.3 Å². The van der Waals surface area contributed by atoms with Crippen LogP contribution in [0.15, 0.2) is 18.2 Å². The summed E-state index contributed by atoms with van der Waals surface area (Å²) >= 11 is 6.04. The molecular formula is C12H19ClN2. The first-order valence-electron chi connectivity index (χ1n) is 5.17. The molecule has 0 amide bonds. The van der Waals surface area contributed by atoms with E-state index in [2.05, 4.69) is 32.0 Å². The minimum absolute atomic E-state index is 0.476. The van der Waals surface area contributed by atoms with Gasteiger partial charge in [-0.3, -0.25) is 0 Å². The van der Waals surface area contributed by atoms with E-state index >= 15 is 0 Å². The lowest BCUT2D eigenvalue weighted by Crippen LogP contribution is -2.18. The molecule has 0 aliphatic heterocycles. The molecule has 2 nitrogen and oxygen atoms in total. The average Bonchev–Trinajstić information content (AvgIpc) is 2.15. The Bertz CT molecular complexity index is 323. The van der Waals surface area contributed by atoms with Gasteiger partial charge in [0.1, 0.15) is 0 Å². The van der Waals surface area contributed by atoms with E-state index in [9.17, 15) is 0 Å². The molecular weight excluding hydrogens is 208 g/mol. The van der Waals surface area contributed by atoms with Crippen LogP contribution in [-0.4, -0.2) is 25.5 Å². The summed E-state index contributed by atoms with van der Waals surface area (Å²) in [5, 5.41) is 0.776. The first-order valence-corrected chi connectivity index (χ1v) is 5.55. The molecule has 0 aromatic heterocycles. The normalized spacial score (nSPS) is 13.2. The maximum atomic E-state index is 6.04. The molecule has 0 spiro atoms. The molecule has 0 radical (unpaired) electrons. The largest absolute Gasteiger partial charge is 0.326 e. The van der Waals surface area contributed by atoms with Crippen LogP contribution in [0, 0.1) is 0 Å². The van der Waals surface area contributed by atoms with Crippen molar-refractivity contribution in [2.45, 2.75) is 19.4 Å². The molecule has 1 atom stereocenters. The predicted octanol–water partition coefficient (Wildman–Crippen LogP) is 2.46. The Labute approximate surface area is 97.0 Å². The fourth-order valence-electron chi connectivity index (χ4n) is 1.73. The van der Waals surface area contributed by atoms with E-state index in [0.29, 0.717) is 12.5 Å². The summed E-state index contributed by atoms with van der Waals surface area (Å²) in [5.74, 6) is 0.476. The summed E-state index contributed by atoms with van der Waals surface area (Å²) in [6.07, 6.45) is 0. The molecule has 1 rings (SSSR count). The van der Waals surface area contributed by atoms with Crippen molar-refractivity contribution in [2.24, 2.45) is 5.73 Å². The number of nitrogens with zero attached hydrogens (tertiary/aromatic N) is 1. The van der Waals surface area contributed by atoms with Crippen LogP contribution >= 0.6 is 11.6 Å². The van der Waals surface area contributed by atoms with E-state index < -0.39 is 0 Å². The van der Waals surface area contributed by atoms with Crippen LogP contribution in [-0.2, 0) is 6.54 Å². The number of hydrogen-bond donors (Lipinski definition) is 1. The van der Waals surface area contributed by atoms with Crippen LogP contribution in [0.4, 0.5) is 0 Å². The van der Waals surface area contributed by atoms with Crippen LogP contribution < -0.4 is 5.73 Å². The van der Waals surface area contributed by atoms with Gasteiger partial charge in [0.15, 0.2) is 0 Å². The van der Waals surface area contributed by atoms with E-state index in [0.717, 1.165) is 17.1 Å². The van der Waals surface area contributed by atoms with Crippen molar-refractivity contribution in [2.75, 3.05) is 20.6 Å². The van der Waals surface area contributed by atoms with Gasteiger partial charge in [-0.15, -0.1) is 0 Å². The van der Waals surface area contributed by atoms with Gasteiger partial charge in [-0.1, -0.05) is 24.6 Å². The van der Waals surface area contributed by atoms with E-state index in [1.807, 2.05) is 12.1 Å². The van der Waals surface area contributed by atoms with Crippen LogP contribution in [0.1, 0.15) is 24.0 Å². The Hall–Kier alpha value is -0.570. The Morgan fingerprint density at radius 3 is 2.53 bits per heavy atom. The maximum absolute atomic E-state index is 6.04. The van der Waals surface area contributed by atoms with Crippen LogP contribution in [0.25, 0.3) is 0 Å². The highest BCUT2D eigenvalue weighted by Gasteiger charge is 2.08. The summed E-state index contributed by atoms with van der Waals surface area (Å²) in [4.78, 5) is 2.17. The summed E-state index contributed by atoms with van der Waals surface area (Å²) in [5.41, 5.74) is 7.98. The Morgan fingerprint density at radius 1 is 1.33 bits per heavy atom. The SMILES string of the molecule is CC(CN(C)C)c1cc(Cl)cc(CN)c1. The number of rotatable bonds is 4. The summed E-state index contributed by atoms with van der Waals surface area (Å²) in [6, 6.07) is 6.09. The fraction of sp³-hybridized carbons (Fsp3) is 0.500. The molecule has 0 aliphatic rings. The van der Waals surface area contributed by atoms with Gasteiger partial charge in [-0.2, -0.15) is 0 Å². The molecule has 3 heteroatoms. The number of benzene rings is 1. The average molecular weight is 227 g/mol. The highest BCUT2D eigenvalue weighted by Crippen LogP contribution is 2.22. The van der Waals surface area contributed by atoms with Gasteiger partial charge in [0, 0.05) is 18.1 Å². The fourth-order valence-corrected chi connectivity index (χ4v) is 2.00. The number of likely N-dealkylation sites (N-methyl/N-ethyl adjacent to an activating group) is 1. The molecule has 15 heavy (non-hydrogen) atoms. The van der Waals surface area contributed by atoms with Crippen molar-refractivity contribution in [3.63, 3.8) is 0 Å². The Morgan fingerprint density at radius 2 is 2.00 bits per heavy atom. The number of hydrogen-bond acceptors (Lipinski definition) is 2. The maximum Gasteiger partial charge on any atom is 0.0412 e. The van der Waals surface area contributed by atoms with E-state index in [1.54, 1.807) is 0 Å². The molecule has 0 aliphatic carbocycles. The van der Waals surface area contributed by atoms with E-state index in [4.69, 9.17) is 17.3 Å². The molecule has 2 N–H and O–H groups in total. The third-order valence-corrected chi connectivity index (χ3v) is 2.64. The second-order valence-electron chi connectivity index (χ2n) is 4.26. The van der Waals surface area contributed by atoms with Gasteiger partial charge in [0.25, 0.3) is 0 Å². The van der Waals surface area contributed by atoms with Gasteiger partial charge in [-0.25, -0.2) is 0 Å². The first-order chi connectivity index (χ1) is 7.02. The molecule has 84 valence electrons. The monoisotopic (exact) mass is 226 g/mol. The Kier molecular flexibility index (Phi) is 4.58. The highest BCUT2D eigenvalue weighted by atomic mass is 35.5. The van der Waals surface area contributed by atoms with Gasteiger partial charge in [0.05, 0.1) is 0 Å². The molecule has 1 unspecified atom stereocenters. The van der Waals surface area contributed by atoms with Crippen LogP contribution in [0.3, 0.4) is 0 Å². The molecule has 1 aromatic carbocycles. The lowest BCUT2D eigenvalue weighted by Gasteiger charge is -2.18. The van der Waals surface area contributed by atoms with E-state index in [-0.39, 0.29) is 0 Å². The van der Waals surface area contributed by atoms with Crippen molar-refractivity contribution >= 4 is 11.6 Å². The molecule has 0 fully saturated rings. The molecule has 0 saturated heterocycles. The zero-order chi connectivity index (χ0) is 11.4. The topological polar surface area (TPSA) is 29.3 Å². The predicted molar refractivity (Wildman–Crippen MR) is 66.3 cm³/mol. The minimum Gasteiger partial charge on any atom is -0.326 e. The van der Waals surface area contributed by atoms with Gasteiger partial charge >= 0.3 is 0 Å². The van der Waals surface area contributed by atoms with Gasteiger partial charge in [0.2, 0.25) is 0 Å². The zero-order valence-corrected chi connectivity index (χ0v) is 10.4. The molecule has 0 heterocycles. The number of nitrogens with two attached hydrogens (primary N) is 1. The van der Waals surface area contributed by atoms with Crippen molar-refractivity contribution < 1.29 is 0 Å². The standard InChI is InChI=1S/C12H19ClN2/c1-9(8-15(2)3)11-4-10(7-14)5-12(13)6-11/h4-6,9H,7-8,14H2,1-3H3. The molecule has 0 bridgehead atoms. The van der Waals surface area contributed by atoms with Gasteiger partial charge < -0.3 is 10.6 Å². The highest BCUT2D eigenvalue weighted by molar-refractivity contribution is 6.30. The Balaban J connectivity index is 2.88. The first kappa shape index (κ1) is 12.5. The van der Waals surface area contributed by atoms with Crippen LogP contribution in [0.2, 0.25) is 5.02 Å². The molecule has 0 saturated carbocycles. The number of halogens is 1. The second-order valence-corrected chi connectivity index (χ2v) is 4.70. The molecule has 1 aromatic rings. The lowest BCUT2D eigenvalue weighted by atomic mass is 9.98. The van der Waals surface area contributed by atoms with Crippen molar-refractivity contribution in [3.8, 4) is 0 Å². The third kappa shape index (κ3) is 3.82. The smallest absolute Gasteiger partial charge is 0.0412 e. The van der Waals surface area contributed by atoms with Crippen molar-refractivity contribution in [1.82, 2.24) is 4.90 Å². The zero-order valence-electron chi connectivity index (χ0n) is 9.63. The van der Waals surface area contributed by atoms with Crippen molar-refractivity contribution in [1.29, 1.82) is 0 Å². The third-order valence-electron chi connectivity index (χ3n) is 2.42. The second kappa shape index (κ2) is 5.50. The van der Waals surface area contributed by atoms with Crippen LogP contribution in [0.5, 0.6) is 0 Å². The minimum atomic E-state index is 0.476. The summed E-state index contributed by atoms with van der Waals surface area (Å²) in [7, 11) is 4.15.